The fraction of sp³-hybridized carbons (Fsp3) is 0.297. The van der Waals surface area contributed by atoms with E-state index >= 15 is 0 Å². The zero-order valence-corrected chi connectivity index (χ0v) is 46.8. The highest BCUT2D eigenvalue weighted by atomic mass is 19.2. The van der Waals surface area contributed by atoms with Crippen LogP contribution in [0.1, 0.15) is 114 Å². The molecule has 8 aromatic rings. The summed E-state index contributed by atoms with van der Waals surface area (Å²) in [4.78, 5) is 87.4. The highest BCUT2D eigenvalue weighted by Gasteiger charge is 2.38. The van der Waals surface area contributed by atoms with E-state index in [0.29, 0.717) is 89.6 Å². The number of aromatic nitrogens is 4. The number of anilines is 2. The van der Waals surface area contributed by atoms with Gasteiger partial charge in [-0.25, -0.2) is 47.1 Å². The molecule has 2 aromatic heterocycles. The molecule has 1 aliphatic carbocycles. The molecule has 1 saturated heterocycles. The molecular formula is C64H59F4N9O8. The number of likely N-dealkylation sites (tertiary alicyclic amines) is 1. The molecule has 85 heavy (non-hydrogen) atoms. The van der Waals surface area contributed by atoms with Gasteiger partial charge in [0.05, 0.1) is 17.0 Å². The lowest BCUT2D eigenvalue weighted by Crippen LogP contribution is -2.44. The Kier molecular flexibility index (Phi) is 15.9. The number of esters is 2. The van der Waals surface area contributed by atoms with Crippen molar-refractivity contribution in [1.29, 1.82) is 0 Å². The number of amides is 3. The van der Waals surface area contributed by atoms with Crippen LogP contribution in [-0.4, -0.2) is 82.7 Å². The number of nitrogens with zero attached hydrogens (tertiary/aromatic N) is 7. The molecule has 4 aliphatic rings. The average molecular weight is 1160 g/mol. The Balaban J connectivity index is 0.000000179. The van der Waals surface area contributed by atoms with Crippen molar-refractivity contribution >= 4 is 63.5 Å². The maximum absolute atomic E-state index is 14.6. The predicted octanol–water partition coefficient (Wildman–Crippen LogP) is 11.3. The molecule has 1 atom stereocenters. The van der Waals surface area contributed by atoms with E-state index in [0.717, 1.165) is 72.2 Å². The second-order valence-electron chi connectivity index (χ2n) is 22.6. The van der Waals surface area contributed by atoms with Gasteiger partial charge in [-0.3, -0.25) is 19.3 Å². The third-order valence-electron chi connectivity index (χ3n) is 15.6. The van der Waals surface area contributed by atoms with Crippen molar-refractivity contribution in [2.75, 3.05) is 18.0 Å². The highest BCUT2D eigenvalue weighted by Crippen LogP contribution is 2.36. The van der Waals surface area contributed by atoms with Gasteiger partial charge in [-0.2, -0.15) is 0 Å². The molecule has 0 spiro atoms. The monoisotopic (exact) mass is 1160 g/mol. The minimum Gasteiger partial charge on any atom is -0.461 e. The van der Waals surface area contributed by atoms with Crippen LogP contribution < -0.4 is 11.5 Å². The van der Waals surface area contributed by atoms with Gasteiger partial charge in [-0.1, -0.05) is 73.5 Å². The summed E-state index contributed by atoms with van der Waals surface area (Å²) in [5.41, 5.74) is 18.4. The third-order valence-corrected chi connectivity index (χ3v) is 15.6. The second kappa shape index (κ2) is 23.6. The van der Waals surface area contributed by atoms with Crippen molar-refractivity contribution in [3.05, 3.63) is 177 Å². The number of carbonyl (C=O) groups excluding carboxylic acids is 5. The molecular weight excluding hydrogens is 1100 g/mol. The summed E-state index contributed by atoms with van der Waals surface area (Å²) in [5.74, 6) is -6.22. The van der Waals surface area contributed by atoms with E-state index in [4.69, 9.17) is 25.7 Å². The number of rotatable bonds is 10. The molecule has 3 aliphatic heterocycles. The van der Waals surface area contributed by atoms with Crippen LogP contribution in [0.25, 0.3) is 44.1 Å². The first kappa shape index (κ1) is 57.3. The first-order valence-electron chi connectivity index (χ1n) is 27.9. The van der Waals surface area contributed by atoms with E-state index in [1.54, 1.807) is 67.0 Å². The molecule has 2 fully saturated rings. The van der Waals surface area contributed by atoms with Gasteiger partial charge < -0.3 is 35.5 Å². The van der Waals surface area contributed by atoms with Gasteiger partial charge in [0.15, 0.2) is 23.3 Å². The Labute approximate surface area is 485 Å². The number of fused-ring (bicyclic) bond motifs is 4. The van der Waals surface area contributed by atoms with Crippen LogP contribution in [0.3, 0.4) is 0 Å². The van der Waals surface area contributed by atoms with E-state index in [2.05, 4.69) is 19.9 Å². The number of halogens is 4. The summed E-state index contributed by atoms with van der Waals surface area (Å²) >= 11 is 0. The fourth-order valence-corrected chi connectivity index (χ4v) is 11.4. The molecule has 1 saturated carbocycles. The standard InChI is InChI=1S/C34H33F2N5O5.C30H26F2N4O3/c1-34(2,3)46-33(44)41-12-6-9-28(41)31(43)45-18-22-14-25(35)26(36)15-23(22)19-10-11-27-24(13-19)29(39-32(37)38-27)30(42)40-16-20-7-4-5-8-21(20)17-40;31-24-12-21(16-39-29(38)17-5-1-2-6-17)22(13-25(24)32)18-9-10-26-23(11-18)27(35-30(33)34-26)28(37)36-14-19-7-3-4-8-20(19)15-36/h4-5,7-8,10-11,13-15,28H,6,9,12,16-18H2,1-3H3,(H2,37,38,39);3-4,7-13,17H,1-2,5-6,14-16H2,(H2,33,34,35)/t28-;/m0./s1. The Bertz CT molecular complexity index is 3950. The summed E-state index contributed by atoms with van der Waals surface area (Å²) in [6.07, 6.45) is 3.85. The molecule has 12 rings (SSSR count). The van der Waals surface area contributed by atoms with Gasteiger partial charge in [0, 0.05) is 54.6 Å². The Morgan fingerprint density at radius 1 is 0.541 bits per heavy atom. The zero-order valence-electron chi connectivity index (χ0n) is 46.8. The lowest BCUT2D eigenvalue weighted by atomic mass is 9.97. The molecule has 6 aromatic carbocycles. The van der Waals surface area contributed by atoms with Crippen molar-refractivity contribution in [2.24, 2.45) is 5.92 Å². The van der Waals surface area contributed by atoms with Crippen molar-refractivity contribution in [2.45, 2.75) is 110 Å². The summed E-state index contributed by atoms with van der Waals surface area (Å²) in [5, 5.41) is 0.806. The van der Waals surface area contributed by atoms with E-state index in [1.165, 1.54) is 4.90 Å². The van der Waals surface area contributed by atoms with Crippen LogP contribution in [0.5, 0.6) is 0 Å². The van der Waals surface area contributed by atoms with Gasteiger partial charge in [0.2, 0.25) is 11.9 Å². The lowest BCUT2D eigenvalue weighted by Gasteiger charge is -2.27. The SMILES string of the molecule is CC(C)(C)OC(=O)N1CCC[C@H]1C(=O)OCc1cc(F)c(F)cc1-c1ccc2nc(N)nc(C(=O)N3Cc4ccccc4C3)c2c1.Nc1nc(C(=O)N2Cc3ccccc3C2)c2cc(-c3cc(F)c(F)cc3COC(=O)C3CCCC3)ccc2n1. The topological polar surface area (TPSA) is 226 Å². The normalized spacial score (nSPS) is 15.6. The van der Waals surface area contributed by atoms with E-state index in [9.17, 15) is 41.5 Å². The van der Waals surface area contributed by atoms with E-state index in [1.807, 2.05) is 48.5 Å². The molecule has 17 nitrogen and oxygen atoms in total. The quantitative estimate of drug-likeness (QED) is 0.0738. The van der Waals surface area contributed by atoms with E-state index < -0.39 is 53.6 Å². The number of nitrogens with two attached hydrogens (primary N) is 2. The van der Waals surface area contributed by atoms with Gasteiger partial charge in [-0.15, -0.1) is 0 Å². The zero-order chi connectivity index (χ0) is 59.8. The molecule has 4 N–H and O–H groups in total. The van der Waals surface area contributed by atoms with Gasteiger partial charge in [-0.05, 0) is 139 Å². The molecule has 436 valence electrons. The number of ether oxygens (including phenoxy) is 3. The summed E-state index contributed by atoms with van der Waals surface area (Å²) in [6.45, 7) is 6.65. The maximum Gasteiger partial charge on any atom is 0.411 e. The predicted molar refractivity (Wildman–Crippen MR) is 306 cm³/mol. The number of benzene rings is 6. The van der Waals surface area contributed by atoms with Crippen LogP contribution in [0.15, 0.2) is 109 Å². The van der Waals surface area contributed by atoms with Gasteiger partial charge >= 0.3 is 18.0 Å². The minimum atomic E-state index is -1.12. The van der Waals surface area contributed by atoms with Crippen molar-refractivity contribution in [3.63, 3.8) is 0 Å². The number of hydrogen-bond acceptors (Lipinski definition) is 14. The van der Waals surface area contributed by atoms with Crippen molar-refractivity contribution in [3.8, 4) is 22.3 Å². The third kappa shape index (κ3) is 12.3. The highest BCUT2D eigenvalue weighted by molar-refractivity contribution is 6.07. The Morgan fingerprint density at radius 2 is 0.965 bits per heavy atom. The van der Waals surface area contributed by atoms with E-state index in [-0.39, 0.29) is 64.7 Å². The van der Waals surface area contributed by atoms with Crippen molar-refractivity contribution in [1.82, 2.24) is 34.6 Å². The van der Waals surface area contributed by atoms with Gasteiger partial charge in [0.1, 0.15) is 36.2 Å². The number of carbonyl (C=O) groups is 5. The first-order valence-corrected chi connectivity index (χ1v) is 27.9. The molecule has 21 heteroatoms. The summed E-state index contributed by atoms with van der Waals surface area (Å²) in [7, 11) is 0. The summed E-state index contributed by atoms with van der Waals surface area (Å²) in [6, 6.07) is 28.7. The second-order valence-corrected chi connectivity index (χ2v) is 22.6. The van der Waals surface area contributed by atoms with Crippen molar-refractivity contribution < 1.29 is 55.7 Å². The van der Waals surface area contributed by atoms with Crippen LogP contribution >= 0.6 is 0 Å². The average Bonchev–Trinajstić information content (AvgIpc) is 2.78. The van der Waals surface area contributed by atoms with Gasteiger partial charge in [0.25, 0.3) is 11.8 Å². The van der Waals surface area contributed by atoms with Crippen LogP contribution in [0.2, 0.25) is 0 Å². The molecule has 5 heterocycles. The Hall–Kier alpha value is -9.53. The number of nitrogen functional groups attached to an aromatic ring is 2. The molecule has 3 amide bonds. The van der Waals surface area contributed by atoms with Crippen LogP contribution in [0, 0.1) is 29.2 Å². The largest absolute Gasteiger partial charge is 0.461 e. The summed E-state index contributed by atoms with van der Waals surface area (Å²) < 4.78 is 74.3. The molecule has 0 radical (unpaired) electrons. The lowest BCUT2D eigenvalue weighted by molar-refractivity contribution is -0.150. The minimum absolute atomic E-state index is 0.0392. The number of hydrogen-bond donors (Lipinski definition) is 2. The fourth-order valence-electron chi connectivity index (χ4n) is 11.4. The Morgan fingerprint density at radius 3 is 1.40 bits per heavy atom. The smallest absolute Gasteiger partial charge is 0.411 e. The molecule has 0 bridgehead atoms. The van der Waals surface area contributed by atoms with Crippen LogP contribution in [0.4, 0.5) is 34.3 Å². The molecule has 0 unspecified atom stereocenters. The first-order chi connectivity index (χ1) is 40.7. The maximum atomic E-state index is 14.6. The van der Waals surface area contributed by atoms with Crippen LogP contribution in [-0.2, 0) is 63.2 Å².